The van der Waals surface area contributed by atoms with Crippen LogP contribution < -0.4 is 0 Å². The Hall–Kier alpha value is -1.29. The quantitative estimate of drug-likeness (QED) is 0.763. The van der Waals surface area contributed by atoms with E-state index in [4.69, 9.17) is 4.74 Å². The third-order valence-corrected chi connectivity index (χ3v) is 4.43. The lowest BCUT2D eigenvalue weighted by atomic mass is 9.68. The molecule has 1 aliphatic carbocycles. The Morgan fingerprint density at radius 1 is 1.14 bits per heavy atom. The molecule has 0 aliphatic heterocycles. The molecule has 2 rings (SSSR count). The highest BCUT2D eigenvalue weighted by molar-refractivity contribution is 6.02. The summed E-state index contributed by atoms with van der Waals surface area (Å²) in [5.41, 5.74) is -0.522. The molecule has 1 aromatic carbocycles. The van der Waals surface area contributed by atoms with E-state index in [-0.39, 0.29) is 16.8 Å². The van der Waals surface area contributed by atoms with Gasteiger partial charge in [0.1, 0.15) is 5.60 Å². The van der Waals surface area contributed by atoms with Gasteiger partial charge >= 0.3 is 0 Å². The maximum absolute atomic E-state index is 13.4. The Balaban J connectivity index is 2.29. The third-order valence-electron chi connectivity index (χ3n) is 4.43. The number of hydrogen-bond donors (Lipinski definition) is 0. The van der Waals surface area contributed by atoms with E-state index < -0.39 is 17.2 Å². The van der Waals surface area contributed by atoms with Gasteiger partial charge in [0.2, 0.25) is 0 Å². The molecule has 0 N–H and O–H groups in total. The predicted molar refractivity (Wildman–Crippen MR) is 77.3 cm³/mol. The molecule has 116 valence electrons. The summed E-state index contributed by atoms with van der Waals surface area (Å²) >= 11 is 0. The Kier molecular flexibility index (Phi) is 4.47. The van der Waals surface area contributed by atoms with E-state index in [1.807, 2.05) is 6.92 Å². The molecule has 0 spiro atoms. The minimum absolute atomic E-state index is 0.182. The summed E-state index contributed by atoms with van der Waals surface area (Å²) in [6.07, 6.45) is 2.99. The molecule has 4 heteroatoms. The number of Topliss-reactive ketones (excluding diaryl/α,β-unsaturated/α-hetero) is 1. The van der Waals surface area contributed by atoms with Crippen molar-refractivity contribution in [3.63, 3.8) is 0 Å². The fourth-order valence-corrected chi connectivity index (χ4v) is 2.94. The van der Waals surface area contributed by atoms with Crippen LogP contribution in [-0.2, 0) is 4.74 Å². The molecule has 0 aromatic heterocycles. The number of hydrogen-bond acceptors (Lipinski definition) is 2. The summed E-state index contributed by atoms with van der Waals surface area (Å²) < 4.78 is 32.2. The zero-order valence-corrected chi connectivity index (χ0v) is 12.8. The number of ether oxygens (including phenoxy) is 1. The molecule has 1 fully saturated rings. The maximum Gasteiger partial charge on any atom is 0.194 e. The molecule has 1 aliphatic rings. The lowest BCUT2D eigenvalue weighted by Gasteiger charge is -2.42. The van der Waals surface area contributed by atoms with Crippen LogP contribution in [0.25, 0.3) is 0 Å². The van der Waals surface area contributed by atoms with Crippen molar-refractivity contribution < 1.29 is 18.3 Å². The van der Waals surface area contributed by atoms with Gasteiger partial charge in [-0.15, -0.1) is 0 Å². The van der Waals surface area contributed by atoms with Gasteiger partial charge in [0.25, 0.3) is 0 Å². The number of rotatable bonds is 4. The first-order chi connectivity index (χ1) is 9.80. The van der Waals surface area contributed by atoms with E-state index in [1.54, 1.807) is 0 Å². The van der Waals surface area contributed by atoms with Crippen LogP contribution in [0, 0.1) is 17.0 Å². The maximum atomic E-state index is 13.4. The van der Waals surface area contributed by atoms with Crippen molar-refractivity contribution in [1.29, 1.82) is 0 Å². The third kappa shape index (κ3) is 3.31. The number of carbonyl (C=O) groups is 1. The molecule has 0 bridgehead atoms. The van der Waals surface area contributed by atoms with Gasteiger partial charge in [-0.25, -0.2) is 8.78 Å². The van der Waals surface area contributed by atoms with Crippen molar-refractivity contribution in [1.82, 2.24) is 0 Å². The Bertz CT molecular complexity index is 528. The molecule has 21 heavy (non-hydrogen) atoms. The van der Waals surface area contributed by atoms with Gasteiger partial charge < -0.3 is 4.74 Å². The molecule has 0 atom stereocenters. The molecule has 0 radical (unpaired) electrons. The van der Waals surface area contributed by atoms with E-state index in [2.05, 4.69) is 13.8 Å². The second kappa shape index (κ2) is 5.84. The normalized spacial score (nSPS) is 20.2. The van der Waals surface area contributed by atoms with Crippen LogP contribution in [0.2, 0.25) is 0 Å². The number of halogens is 2. The van der Waals surface area contributed by atoms with Crippen molar-refractivity contribution in [3.05, 3.63) is 35.4 Å². The highest BCUT2D eigenvalue weighted by Gasteiger charge is 2.45. The van der Waals surface area contributed by atoms with Gasteiger partial charge in [-0.05, 0) is 56.2 Å². The number of benzene rings is 1. The second-order valence-electron chi connectivity index (χ2n) is 6.55. The van der Waals surface area contributed by atoms with E-state index >= 15 is 0 Å². The summed E-state index contributed by atoms with van der Waals surface area (Å²) in [5, 5.41) is 0. The van der Waals surface area contributed by atoms with Gasteiger partial charge in [0.05, 0.1) is 0 Å². The molecule has 1 aromatic rings. The molecular formula is C17H22F2O2. The summed E-state index contributed by atoms with van der Waals surface area (Å²) in [5.74, 6) is -2.18. The summed E-state index contributed by atoms with van der Waals surface area (Å²) in [6, 6.07) is 3.30. The van der Waals surface area contributed by atoms with Crippen LogP contribution in [0.15, 0.2) is 18.2 Å². The number of ketones is 1. The number of carbonyl (C=O) groups excluding carboxylic acids is 1. The minimum Gasteiger partial charge on any atom is -0.367 e. The molecule has 1 saturated carbocycles. The zero-order chi connectivity index (χ0) is 15.7. The lowest BCUT2D eigenvalue weighted by Crippen LogP contribution is -2.46. The van der Waals surface area contributed by atoms with Gasteiger partial charge in [-0.1, -0.05) is 13.8 Å². The first kappa shape index (κ1) is 16.1. The van der Waals surface area contributed by atoms with Crippen molar-refractivity contribution in [3.8, 4) is 0 Å². The SMILES string of the molecule is CCOC1(C(=O)c2ccc(F)c(F)c2)CCC(C)(C)CC1. The molecule has 0 saturated heterocycles. The highest BCUT2D eigenvalue weighted by Crippen LogP contribution is 2.43. The van der Waals surface area contributed by atoms with Crippen molar-refractivity contribution >= 4 is 5.78 Å². The average Bonchev–Trinajstić information content (AvgIpc) is 2.44. The minimum atomic E-state index is -0.997. The van der Waals surface area contributed by atoms with Crippen LogP contribution in [0.5, 0.6) is 0 Å². The van der Waals surface area contributed by atoms with E-state index in [1.165, 1.54) is 6.07 Å². The molecule has 0 unspecified atom stereocenters. The van der Waals surface area contributed by atoms with Gasteiger partial charge in [-0.2, -0.15) is 0 Å². The van der Waals surface area contributed by atoms with Gasteiger partial charge in [0.15, 0.2) is 17.4 Å². The standard InChI is InChI=1S/C17H22F2O2/c1-4-21-17(9-7-16(2,3)8-10-17)15(20)12-5-6-13(18)14(19)11-12/h5-6,11H,4,7-10H2,1-3H3. The van der Waals surface area contributed by atoms with Gasteiger partial charge in [0, 0.05) is 12.2 Å². The highest BCUT2D eigenvalue weighted by atomic mass is 19.2. The Labute approximate surface area is 124 Å². The second-order valence-corrected chi connectivity index (χ2v) is 6.55. The fraction of sp³-hybridized carbons (Fsp3) is 0.588. The zero-order valence-electron chi connectivity index (χ0n) is 12.8. The molecule has 2 nitrogen and oxygen atoms in total. The Morgan fingerprint density at radius 2 is 1.76 bits per heavy atom. The lowest BCUT2D eigenvalue weighted by molar-refractivity contribution is -0.0580. The van der Waals surface area contributed by atoms with E-state index in [9.17, 15) is 13.6 Å². The van der Waals surface area contributed by atoms with Crippen LogP contribution in [0.3, 0.4) is 0 Å². The first-order valence-corrected chi connectivity index (χ1v) is 7.43. The van der Waals surface area contributed by atoms with Crippen LogP contribution >= 0.6 is 0 Å². The van der Waals surface area contributed by atoms with Crippen LogP contribution in [0.1, 0.15) is 56.8 Å². The van der Waals surface area contributed by atoms with Crippen molar-refractivity contribution in [2.24, 2.45) is 5.41 Å². The molecule has 0 amide bonds. The molecular weight excluding hydrogens is 274 g/mol. The largest absolute Gasteiger partial charge is 0.367 e. The predicted octanol–water partition coefficient (Wildman–Crippen LogP) is 4.52. The fourth-order valence-electron chi connectivity index (χ4n) is 2.94. The molecule has 0 heterocycles. The van der Waals surface area contributed by atoms with Gasteiger partial charge in [-0.3, -0.25) is 4.79 Å². The van der Waals surface area contributed by atoms with E-state index in [0.717, 1.165) is 25.0 Å². The monoisotopic (exact) mass is 296 g/mol. The summed E-state index contributed by atoms with van der Waals surface area (Å²) in [6.45, 7) is 6.62. The van der Waals surface area contributed by atoms with Crippen LogP contribution in [0.4, 0.5) is 8.78 Å². The van der Waals surface area contributed by atoms with Crippen LogP contribution in [-0.4, -0.2) is 18.0 Å². The Morgan fingerprint density at radius 3 is 2.29 bits per heavy atom. The van der Waals surface area contributed by atoms with E-state index in [0.29, 0.717) is 19.4 Å². The average molecular weight is 296 g/mol. The van der Waals surface area contributed by atoms with Crippen molar-refractivity contribution in [2.75, 3.05) is 6.61 Å². The topological polar surface area (TPSA) is 26.3 Å². The first-order valence-electron chi connectivity index (χ1n) is 7.43. The smallest absolute Gasteiger partial charge is 0.194 e. The summed E-state index contributed by atoms with van der Waals surface area (Å²) in [7, 11) is 0. The summed E-state index contributed by atoms with van der Waals surface area (Å²) in [4.78, 5) is 12.8. The van der Waals surface area contributed by atoms with Crippen molar-refractivity contribution in [2.45, 2.75) is 52.1 Å².